The van der Waals surface area contributed by atoms with E-state index in [1.807, 2.05) is 24.3 Å². The lowest BCUT2D eigenvalue weighted by Crippen LogP contribution is -2.17. The number of nitrogens with one attached hydrogen (secondary N) is 1. The highest BCUT2D eigenvalue weighted by Gasteiger charge is 2.23. The number of nitrogens with zero attached hydrogens (tertiary/aromatic N) is 3. The Morgan fingerprint density at radius 1 is 0.975 bits per heavy atom. The first-order chi connectivity index (χ1) is 18.9. The average Bonchev–Trinajstić information content (AvgIpc) is 3.18. The van der Waals surface area contributed by atoms with Crippen molar-refractivity contribution in [2.24, 2.45) is 12.8 Å². The molecule has 0 aliphatic carbocycles. The maximum absolute atomic E-state index is 13.9. The molecule has 0 saturated heterocycles. The molecule has 5 rings (SSSR count). The van der Waals surface area contributed by atoms with Crippen LogP contribution in [0.4, 0.5) is 14.6 Å². The summed E-state index contributed by atoms with van der Waals surface area (Å²) in [6.45, 7) is 0. The van der Waals surface area contributed by atoms with Gasteiger partial charge in [-0.3, -0.25) is 14.4 Å². The lowest BCUT2D eigenvalue weighted by atomic mass is 9.92. The number of pyridine rings is 1. The molecule has 2 aromatic heterocycles. The zero-order chi connectivity index (χ0) is 28.8. The van der Waals surface area contributed by atoms with Gasteiger partial charge in [-0.25, -0.2) is 17.2 Å². The topological polar surface area (TPSA) is 103 Å². The van der Waals surface area contributed by atoms with Crippen molar-refractivity contribution in [3.8, 4) is 22.3 Å². The van der Waals surface area contributed by atoms with Crippen LogP contribution in [0.25, 0.3) is 33.2 Å². The fourth-order valence-corrected chi connectivity index (χ4v) is 5.73. The molecule has 2 heterocycles. The van der Waals surface area contributed by atoms with Crippen molar-refractivity contribution in [3.05, 3.63) is 99.8 Å². The van der Waals surface area contributed by atoms with Crippen LogP contribution in [-0.4, -0.2) is 29.4 Å². The second kappa shape index (κ2) is 10.8. The third-order valence-corrected chi connectivity index (χ3v) is 7.55. The molecule has 0 unspecified atom stereocenters. The fourth-order valence-electron chi connectivity index (χ4n) is 4.75. The molecular formula is C28H23Cl2F2N5O2S. The molecule has 1 atom stereocenters. The molecule has 0 saturated carbocycles. The Balaban J connectivity index is 1.74. The van der Waals surface area contributed by atoms with Crippen molar-refractivity contribution in [1.82, 2.24) is 14.8 Å². The van der Waals surface area contributed by atoms with Crippen molar-refractivity contribution in [3.63, 3.8) is 0 Å². The number of anilines is 1. The lowest BCUT2D eigenvalue weighted by molar-refractivity contribution is 0.575. The van der Waals surface area contributed by atoms with E-state index in [2.05, 4.69) is 9.82 Å². The van der Waals surface area contributed by atoms with Gasteiger partial charge < -0.3 is 5.73 Å². The van der Waals surface area contributed by atoms with Crippen molar-refractivity contribution in [2.45, 2.75) is 12.5 Å². The highest BCUT2D eigenvalue weighted by Crippen LogP contribution is 2.41. The Morgan fingerprint density at radius 3 is 2.35 bits per heavy atom. The van der Waals surface area contributed by atoms with Crippen molar-refractivity contribution in [1.29, 1.82) is 0 Å². The summed E-state index contributed by atoms with van der Waals surface area (Å²) < 4.78 is 55.8. The molecule has 40 heavy (non-hydrogen) atoms. The van der Waals surface area contributed by atoms with Crippen molar-refractivity contribution >= 4 is 49.9 Å². The molecule has 7 nitrogen and oxygen atoms in total. The zero-order valence-corrected chi connectivity index (χ0v) is 23.6. The number of sulfonamides is 1. The summed E-state index contributed by atoms with van der Waals surface area (Å²) in [5.74, 6) is -1.34. The van der Waals surface area contributed by atoms with Gasteiger partial charge in [0, 0.05) is 46.6 Å². The third kappa shape index (κ3) is 5.66. The molecule has 0 aliphatic heterocycles. The van der Waals surface area contributed by atoms with Crippen LogP contribution in [0, 0.1) is 11.6 Å². The first-order valence-electron chi connectivity index (χ1n) is 12.0. The van der Waals surface area contributed by atoms with E-state index in [9.17, 15) is 17.2 Å². The van der Waals surface area contributed by atoms with Crippen LogP contribution in [0.15, 0.2) is 66.9 Å². The Labute approximate surface area is 239 Å². The molecule has 0 radical (unpaired) electrons. The lowest BCUT2D eigenvalue weighted by Gasteiger charge is -2.19. The summed E-state index contributed by atoms with van der Waals surface area (Å²) in [6.07, 6.45) is 2.76. The third-order valence-electron chi connectivity index (χ3n) is 6.34. The summed E-state index contributed by atoms with van der Waals surface area (Å²) >= 11 is 13.0. The Hall–Kier alpha value is -3.57. The van der Waals surface area contributed by atoms with E-state index in [1.54, 1.807) is 31.4 Å². The maximum Gasteiger partial charge on any atom is 0.231 e. The predicted molar refractivity (Wildman–Crippen MR) is 155 cm³/mol. The first-order valence-corrected chi connectivity index (χ1v) is 14.6. The normalized spacial score (nSPS) is 12.6. The summed E-state index contributed by atoms with van der Waals surface area (Å²) in [6, 6.07) is 15.0. The van der Waals surface area contributed by atoms with Gasteiger partial charge in [-0.05, 0) is 42.3 Å². The van der Waals surface area contributed by atoms with Gasteiger partial charge in [0.1, 0.15) is 11.6 Å². The predicted octanol–water partition coefficient (Wildman–Crippen LogP) is 6.50. The van der Waals surface area contributed by atoms with E-state index in [-0.39, 0.29) is 17.3 Å². The minimum absolute atomic E-state index is 0.0724. The molecule has 12 heteroatoms. The van der Waals surface area contributed by atoms with E-state index >= 15 is 0 Å². The minimum atomic E-state index is -3.65. The molecule has 0 fully saturated rings. The molecule has 5 aromatic rings. The Bertz CT molecular complexity index is 1860. The van der Waals surface area contributed by atoms with Gasteiger partial charge in [0.15, 0.2) is 5.82 Å². The number of nitrogens with two attached hydrogens (primary N) is 1. The van der Waals surface area contributed by atoms with Crippen LogP contribution in [0.1, 0.15) is 17.3 Å². The largest absolute Gasteiger partial charge is 0.322 e. The molecule has 0 bridgehead atoms. The van der Waals surface area contributed by atoms with E-state index in [4.69, 9.17) is 33.9 Å². The van der Waals surface area contributed by atoms with Gasteiger partial charge in [-0.2, -0.15) is 5.10 Å². The number of benzene rings is 3. The number of fused-ring (bicyclic) bond motifs is 1. The quantitative estimate of drug-likeness (QED) is 0.221. The molecular weight excluding hydrogens is 579 g/mol. The highest BCUT2D eigenvalue weighted by atomic mass is 35.5. The summed E-state index contributed by atoms with van der Waals surface area (Å²) in [5.41, 5.74) is 10.6. The SMILES string of the molecule is Cn1nc(NS(C)(=O)=O)c2c(Cl)ccc(-c3cc(-c4ccccc4Cl)cnc3[C@@H](N)Cc3cc(F)cc(F)c3)c21. The molecule has 0 amide bonds. The second-order valence-electron chi connectivity index (χ2n) is 9.39. The van der Waals surface area contributed by atoms with Gasteiger partial charge in [0.05, 0.1) is 33.9 Å². The first kappa shape index (κ1) is 28.0. The number of hydrogen-bond acceptors (Lipinski definition) is 5. The van der Waals surface area contributed by atoms with Gasteiger partial charge in [0.25, 0.3) is 0 Å². The van der Waals surface area contributed by atoms with Crippen LogP contribution in [-0.2, 0) is 23.5 Å². The smallest absolute Gasteiger partial charge is 0.231 e. The van der Waals surface area contributed by atoms with Crippen LogP contribution >= 0.6 is 23.2 Å². The van der Waals surface area contributed by atoms with E-state index in [0.29, 0.717) is 43.9 Å². The van der Waals surface area contributed by atoms with Gasteiger partial charge in [-0.15, -0.1) is 0 Å². The number of halogens is 4. The number of rotatable bonds is 7. The molecule has 0 aliphatic rings. The van der Waals surface area contributed by atoms with Gasteiger partial charge in [-0.1, -0.05) is 47.5 Å². The van der Waals surface area contributed by atoms with Crippen LogP contribution in [0.2, 0.25) is 10.0 Å². The standard InChI is InChI=1S/C28H23Cl2F2N5O2S/c1-37-27-20(7-8-23(30)25(27)28(35-37)36-40(2,38)39)21-12-16(19-5-3-4-6-22(19)29)14-34-26(21)24(33)11-15-9-17(31)13-18(32)10-15/h3-10,12-14,24H,11,33H2,1-2H3,(H,35,36)/t24-/m0/s1. The second-order valence-corrected chi connectivity index (χ2v) is 12.0. The van der Waals surface area contributed by atoms with Gasteiger partial charge >= 0.3 is 0 Å². The van der Waals surface area contributed by atoms with Crippen LogP contribution in [0.5, 0.6) is 0 Å². The summed E-state index contributed by atoms with van der Waals surface area (Å²) in [4.78, 5) is 4.69. The zero-order valence-electron chi connectivity index (χ0n) is 21.3. The van der Waals surface area contributed by atoms with Crippen molar-refractivity contribution < 1.29 is 17.2 Å². The molecule has 3 N–H and O–H groups in total. The molecule has 206 valence electrons. The minimum Gasteiger partial charge on any atom is -0.322 e. The summed E-state index contributed by atoms with van der Waals surface area (Å²) in [5, 5.41) is 5.56. The van der Waals surface area contributed by atoms with E-state index in [0.717, 1.165) is 17.9 Å². The van der Waals surface area contributed by atoms with E-state index in [1.165, 1.54) is 16.8 Å². The van der Waals surface area contributed by atoms with E-state index < -0.39 is 27.7 Å². The monoisotopic (exact) mass is 601 g/mol. The number of aromatic nitrogens is 3. The fraction of sp³-hybridized carbons (Fsp3) is 0.143. The summed E-state index contributed by atoms with van der Waals surface area (Å²) in [7, 11) is -1.99. The van der Waals surface area contributed by atoms with Crippen LogP contribution in [0.3, 0.4) is 0 Å². The number of aryl methyl sites for hydroxylation is 1. The highest BCUT2D eigenvalue weighted by molar-refractivity contribution is 7.92. The Morgan fingerprint density at radius 2 is 1.68 bits per heavy atom. The Kier molecular flexibility index (Phi) is 7.54. The number of hydrogen-bond donors (Lipinski definition) is 2. The molecule has 3 aromatic carbocycles. The maximum atomic E-state index is 13.9. The average molecular weight is 602 g/mol. The van der Waals surface area contributed by atoms with Crippen molar-refractivity contribution in [2.75, 3.05) is 11.0 Å². The van der Waals surface area contributed by atoms with Crippen LogP contribution < -0.4 is 10.5 Å². The van der Waals surface area contributed by atoms with Gasteiger partial charge in [0.2, 0.25) is 10.0 Å². The molecule has 0 spiro atoms.